The van der Waals surface area contributed by atoms with Crippen LogP contribution in [0.2, 0.25) is 0 Å². The second kappa shape index (κ2) is 40.8. The first-order valence-electron chi connectivity index (χ1n) is 18.1. The molecule has 1 N–H and O–H groups in total. The first kappa shape index (κ1) is 41.8. The molecule has 0 fully saturated rings. The Hall–Kier alpha value is -1.38. The fourth-order valence-corrected chi connectivity index (χ4v) is 4.97. The van der Waals surface area contributed by atoms with Crippen molar-refractivity contribution in [3.8, 4) is 0 Å². The summed E-state index contributed by atoms with van der Waals surface area (Å²) >= 11 is 0. The van der Waals surface area contributed by atoms with Gasteiger partial charge in [0.15, 0.2) is 0 Å². The number of carbonyl (C=O) groups is 2. The summed E-state index contributed by atoms with van der Waals surface area (Å²) in [7, 11) is 0. The van der Waals surface area contributed by atoms with Gasteiger partial charge in [-0.05, 0) is 51.4 Å². The molecule has 3 nitrogen and oxygen atoms in total. The molecule has 242 valence electrons. The zero-order valence-corrected chi connectivity index (χ0v) is 27.9. The van der Waals surface area contributed by atoms with Crippen LogP contribution < -0.4 is 0 Å². The summed E-state index contributed by atoms with van der Waals surface area (Å²) in [5, 5.41) is 8.54. The van der Waals surface area contributed by atoms with Gasteiger partial charge in [0.25, 0.3) is 0 Å². The lowest BCUT2D eigenvalue weighted by Gasteiger charge is -2.02. The largest absolute Gasteiger partial charge is 0.481 e. The van der Waals surface area contributed by atoms with Crippen LogP contribution in [0.3, 0.4) is 0 Å². The van der Waals surface area contributed by atoms with Gasteiger partial charge in [-0.15, -0.1) is 0 Å². The van der Waals surface area contributed by atoms with Gasteiger partial charge in [-0.3, -0.25) is 4.79 Å². The molecule has 0 aliphatic heterocycles. The second-order valence-electron chi connectivity index (χ2n) is 12.0. The number of rotatable bonds is 32. The quantitative estimate of drug-likeness (QED) is 0.0492. The van der Waals surface area contributed by atoms with Gasteiger partial charge >= 0.3 is 5.97 Å². The van der Waals surface area contributed by atoms with Crippen molar-refractivity contribution in [1.82, 2.24) is 0 Å². The standard InChI is InChI=1S/C20H38O2.C18H34O/c1-2-3-4-5-6-7-8-9-10-11-12-13-14-15-16-17-18-19-20(21)22;1-2-3-4-5-6-7-8-9-10-11-12-13-14-15-16-17-18-19/h5-6H,2-4,7-19H2,1H3,(H,21,22);5-6,18H,2-4,7-17H2,1H3/b2*6-5-. The molecule has 0 radical (unpaired) electrons. The van der Waals surface area contributed by atoms with E-state index in [2.05, 4.69) is 38.2 Å². The minimum absolute atomic E-state index is 0.341. The van der Waals surface area contributed by atoms with Crippen LogP contribution in [0.4, 0.5) is 0 Å². The molecule has 3 heteroatoms. The van der Waals surface area contributed by atoms with Crippen molar-refractivity contribution in [3.63, 3.8) is 0 Å². The summed E-state index contributed by atoms with van der Waals surface area (Å²) in [6.45, 7) is 4.49. The van der Waals surface area contributed by atoms with Crippen LogP contribution in [0.25, 0.3) is 0 Å². The van der Waals surface area contributed by atoms with Crippen LogP contribution in [0, 0.1) is 0 Å². The van der Waals surface area contributed by atoms with E-state index in [1.54, 1.807) is 0 Å². The van der Waals surface area contributed by atoms with E-state index < -0.39 is 5.97 Å². The van der Waals surface area contributed by atoms with Crippen molar-refractivity contribution in [2.75, 3.05) is 0 Å². The SMILES string of the molecule is CCCC/C=C\CCCCCCCCCCCC=O.CCCC/C=C\CCCCCCCCCCCCCC(=O)O. The normalized spacial score (nSPS) is 11.3. The Morgan fingerprint density at radius 2 is 0.683 bits per heavy atom. The Kier molecular flexibility index (Phi) is 41.5. The maximum Gasteiger partial charge on any atom is 0.303 e. The molecule has 0 aliphatic carbocycles. The molecule has 0 spiro atoms. The van der Waals surface area contributed by atoms with Gasteiger partial charge in [0.1, 0.15) is 6.29 Å². The molecule has 0 aromatic rings. The van der Waals surface area contributed by atoms with Crippen molar-refractivity contribution in [2.45, 2.75) is 206 Å². The van der Waals surface area contributed by atoms with E-state index in [0.29, 0.717) is 6.42 Å². The maximum atomic E-state index is 10.4. The van der Waals surface area contributed by atoms with E-state index in [9.17, 15) is 9.59 Å². The van der Waals surface area contributed by atoms with Crippen LogP contribution in [-0.2, 0) is 9.59 Å². The lowest BCUT2D eigenvalue weighted by Crippen LogP contribution is -1.93. The summed E-state index contributed by atoms with van der Waals surface area (Å²) in [6, 6.07) is 0. The Morgan fingerprint density at radius 1 is 0.415 bits per heavy atom. The van der Waals surface area contributed by atoms with Gasteiger partial charge in [-0.25, -0.2) is 0 Å². The smallest absolute Gasteiger partial charge is 0.303 e. The fourth-order valence-electron chi connectivity index (χ4n) is 4.97. The predicted molar refractivity (Wildman–Crippen MR) is 182 cm³/mol. The van der Waals surface area contributed by atoms with E-state index in [1.807, 2.05) is 0 Å². The van der Waals surface area contributed by atoms with Crippen LogP contribution in [0.1, 0.15) is 206 Å². The lowest BCUT2D eigenvalue weighted by molar-refractivity contribution is -0.137. The highest BCUT2D eigenvalue weighted by molar-refractivity contribution is 5.66. The Morgan fingerprint density at radius 3 is 0.976 bits per heavy atom. The number of aldehydes is 1. The number of carboxylic acids is 1. The summed E-state index contributed by atoms with van der Waals surface area (Å²) in [4.78, 5) is 20.5. The van der Waals surface area contributed by atoms with E-state index in [-0.39, 0.29) is 0 Å². The predicted octanol–water partition coefficient (Wildman–Crippen LogP) is 13.1. The van der Waals surface area contributed by atoms with Gasteiger partial charge in [0.05, 0.1) is 0 Å². The minimum atomic E-state index is -0.656. The van der Waals surface area contributed by atoms with Crippen LogP contribution in [0.15, 0.2) is 24.3 Å². The average Bonchev–Trinajstić information content (AvgIpc) is 2.97. The number of unbranched alkanes of at least 4 members (excludes halogenated alkanes) is 25. The summed E-state index contributed by atoms with van der Waals surface area (Å²) < 4.78 is 0. The molecular weight excluding hydrogens is 504 g/mol. The van der Waals surface area contributed by atoms with E-state index in [4.69, 9.17) is 5.11 Å². The molecule has 0 aromatic heterocycles. The molecule has 0 rings (SSSR count). The minimum Gasteiger partial charge on any atom is -0.481 e. The first-order chi connectivity index (χ1) is 20.2. The molecule has 0 aliphatic rings. The number of hydrogen-bond acceptors (Lipinski definition) is 2. The van der Waals surface area contributed by atoms with Crippen LogP contribution >= 0.6 is 0 Å². The number of carboxylic acid groups (broad SMARTS) is 1. The van der Waals surface area contributed by atoms with Gasteiger partial charge < -0.3 is 9.90 Å². The monoisotopic (exact) mass is 577 g/mol. The van der Waals surface area contributed by atoms with Crippen molar-refractivity contribution < 1.29 is 14.7 Å². The molecule has 0 saturated carbocycles. The van der Waals surface area contributed by atoms with E-state index in [0.717, 1.165) is 32.0 Å². The van der Waals surface area contributed by atoms with Gasteiger partial charge in [-0.2, -0.15) is 0 Å². The zero-order valence-electron chi connectivity index (χ0n) is 27.9. The topological polar surface area (TPSA) is 54.4 Å². The second-order valence-corrected chi connectivity index (χ2v) is 12.0. The van der Waals surface area contributed by atoms with E-state index >= 15 is 0 Å². The molecule has 0 amide bonds. The number of allylic oxidation sites excluding steroid dienone is 4. The molecule has 0 aromatic carbocycles. The summed E-state index contributed by atoms with van der Waals surface area (Å²) in [5.74, 6) is -0.656. The zero-order chi connectivity index (χ0) is 30.3. The van der Waals surface area contributed by atoms with Gasteiger partial charge in [0, 0.05) is 12.8 Å². The first-order valence-corrected chi connectivity index (χ1v) is 18.1. The van der Waals surface area contributed by atoms with Crippen molar-refractivity contribution in [3.05, 3.63) is 24.3 Å². The highest BCUT2D eigenvalue weighted by Crippen LogP contribution is 2.13. The molecule has 0 heterocycles. The third kappa shape index (κ3) is 45.8. The highest BCUT2D eigenvalue weighted by Gasteiger charge is 1.97. The Bertz CT molecular complexity index is 552. The summed E-state index contributed by atoms with van der Waals surface area (Å²) in [6.07, 6.45) is 47.8. The lowest BCUT2D eigenvalue weighted by atomic mass is 10.0. The highest BCUT2D eigenvalue weighted by atomic mass is 16.4. The van der Waals surface area contributed by atoms with Gasteiger partial charge in [-0.1, -0.05) is 167 Å². The third-order valence-corrected chi connectivity index (χ3v) is 7.74. The number of carbonyl (C=O) groups excluding carboxylic acids is 1. The van der Waals surface area contributed by atoms with Crippen molar-refractivity contribution >= 4 is 12.3 Å². The summed E-state index contributed by atoms with van der Waals surface area (Å²) in [5.41, 5.74) is 0. The van der Waals surface area contributed by atoms with Crippen LogP contribution in [0.5, 0.6) is 0 Å². The average molecular weight is 577 g/mol. The number of aliphatic carboxylic acids is 1. The molecule has 0 saturated heterocycles. The Labute approximate surface area is 257 Å². The van der Waals surface area contributed by atoms with Crippen LogP contribution in [-0.4, -0.2) is 17.4 Å². The molecule has 41 heavy (non-hydrogen) atoms. The maximum absolute atomic E-state index is 10.4. The molecule has 0 atom stereocenters. The Balaban J connectivity index is 0. The van der Waals surface area contributed by atoms with Crippen molar-refractivity contribution in [2.24, 2.45) is 0 Å². The molecular formula is C38H72O3. The molecule has 0 unspecified atom stereocenters. The third-order valence-electron chi connectivity index (χ3n) is 7.74. The van der Waals surface area contributed by atoms with Crippen molar-refractivity contribution in [1.29, 1.82) is 0 Å². The van der Waals surface area contributed by atoms with Gasteiger partial charge in [0.2, 0.25) is 0 Å². The van der Waals surface area contributed by atoms with E-state index in [1.165, 1.54) is 161 Å². The fraction of sp³-hybridized carbons (Fsp3) is 0.842. The molecule has 0 bridgehead atoms. The number of hydrogen-bond donors (Lipinski definition) is 1.